The summed E-state index contributed by atoms with van der Waals surface area (Å²) in [6.45, 7) is 0. The summed E-state index contributed by atoms with van der Waals surface area (Å²) in [5, 5.41) is 14.3. The minimum absolute atomic E-state index is 0.0761. The third-order valence-corrected chi connectivity index (χ3v) is 3.38. The average molecular weight is 276 g/mol. The van der Waals surface area contributed by atoms with Gasteiger partial charge in [-0.25, -0.2) is 9.97 Å². The number of aromatic nitrogens is 2. The molecule has 0 unspecified atom stereocenters. The molecule has 1 N–H and O–H groups in total. The number of anilines is 1. The molecule has 1 aromatic heterocycles. The van der Waals surface area contributed by atoms with Crippen LogP contribution in [0.4, 0.5) is 11.4 Å². The van der Waals surface area contributed by atoms with Gasteiger partial charge in [-0.2, -0.15) is 0 Å². The normalized spacial score (nSPS) is 10.2. The van der Waals surface area contributed by atoms with Crippen LogP contribution in [0.5, 0.6) is 0 Å². The maximum atomic E-state index is 10.8. The van der Waals surface area contributed by atoms with Crippen LogP contribution >= 0.6 is 11.8 Å². The maximum absolute atomic E-state index is 10.8. The molecule has 0 radical (unpaired) electrons. The Bertz CT molecular complexity index is 577. The average Bonchev–Trinajstić information content (AvgIpc) is 2.45. The first kappa shape index (κ1) is 13.3. The van der Waals surface area contributed by atoms with Gasteiger partial charge in [-0.15, -0.1) is 0 Å². The van der Waals surface area contributed by atoms with Gasteiger partial charge < -0.3 is 5.32 Å². The summed E-state index contributed by atoms with van der Waals surface area (Å²) in [6.07, 6.45) is 3.37. The Morgan fingerprint density at radius 1 is 1.37 bits per heavy atom. The second-order valence-electron chi connectivity index (χ2n) is 3.68. The molecule has 0 aliphatic carbocycles. The van der Waals surface area contributed by atoms with E-state index >= 15 is 0 Å². The van der Waals surface area contributed by atoms with E-state index in [4.69, 9.17) is 0 Å². The minimum atomic E-state index is -0.400. The van der Waals surface area contributed by atoms with Crippen molar-refractivity contribution >= 4 is 23.1 Å². The predicted molar refractivity (Wildman–Crippen MR) is 74.2 cm³/mol. The third-order valence-electron chi connectivity index (χ3n) is 2.44. The summed E-state index contributed by atoms with van der Waals surface area (Å²) in [6, 6.07) is 6.78. The topological polar surface area (TPSA) is 81.0 Å². The maximum Gasteiger partial charge on any atom is 0.292 e. The lowest BCUT2D eigenvalue weighted by atomic mass is 10.2. The van der Waals surface area contributed by atoms with Gasteiger partial charge in [0.1, 0.15) is 5.69 Å². The Hall–Kier alpha value is -2.15. The molecule has 2 rings (SSSR count). The monoisotopic (exact) mass is 276 g/mol. The van der Waals surface area contributed by atoms with Crippen molar-refractivity contribution in [3.8, 4) is 0 Å². The molecule has 0 atom stereocenters. The smallest absolute Gasteiger partial charge is 0.292 e. The molecule has 0 spiro atoms. The number of nitrogens with zero attached hydrogens (tertiary/aromatic N) is 3. The van der Waals surface area contributed by atoms with Crippen LogP contribution in [0.25, 0.3) is 0 Å². The van der Waals surface area contributed by atoms with Gasteiger partial charge in [-0.3, -0.25) is 10.1 Å². The van der Waals surface area contributed by atoms with Crippen LogP contribution in [0.1, 0.15) is 5.56 Å². The van der Waals surface area contributed by atoms with Gasteiger partial charge in [0.15, 0.2) is 5.16 Å². The van der Waals surface area contributed by atoms with Crippen LogP contribution in [0, 0.1) is 10.1 Å². The molecule has 0 bridgehead atoms. The fourth-order valence-electron chi connectivity index (χ4n) is 1.54. The molecule has 1 heterocycles. The first-order valence-corrected chi connectivity index (χ1v) is 6.54. The second kappa shape index (κ2) is 6.14. The molecule has 0 aliphatic rings. The van der Waals surface area contributed by atoms with Crippen molar-refractivity contribution in [2.75, 3.05) is 12.4 Å². The number of benzene rings is 1. The van der Waals surface area contributed by atoms with Gasteiger partial charge >= 0.3 is 0 Å². The van der Waals surface area contributed by atoms with Crippen molar-refractivity contribution < 1.29 is 4.92 Å². The van der Waals surface area contributed by atoms with Gasteiger partial charge in [-0.05, 0) is 17.7 Å². The first-order valence-electron chi connectivity index (χ1n) is 5.55. The number of nitrogens with one attached hydrogen (secondary N) is 1. The highest BCUT2D eigenvalue weighted by Crippen LogP contribution is 2.27. The number of rotatable bonds is 5. The van der Waals surface area contributed by atoms with E-state index in [0.717, 1.165) is 5.56 Å². The summed E-state index contributed by atoms with van der Waals surface area (Å²) < 4.78 is 0. The summed E-state index contributed by atoms with van der Waals surface area (Å²) in [4.78, 5) is 18.6. The predicted octanol–water partition coefficient (Wildman–Crippen LogP) is 2.72. The van der Waals surface area contributed by atoms with Gasteiger partial charge in [0.2, 0.25) is 0 Å². The van der Waals surface area contributed by atoms with Crippen molar-refractivity contribution in [3.63, 3.8) is 0 Å². The van der Waals surface area contributed by atoms with Gasteiger partial charge in [-0.1, -0.05) is 17.8 Å². The summed E-state index contributed by atoms with van der Waals surface area (Å²) in [5.74, 6) is 0.663. The quantitative estimate of drug-likeness (QED) is 0.391. The molecular formula is C12H12N4O2S. The van der Waals surface area contributed by atoms with E-state index in [1.54, 1.807) is 37.6 Å². The highest BCUT2D eigenvalue weighted by molar-refractivity contribution is 7.98. The zero-order valence-corrected chi connectivity index (χ0v) is 11.1. The molecule has 0 amide bonds. The summed E-state index contributed by atoms with van der Waals surface area (Å²) in [7, 11) is 1.67. The zero-order valence-electron chi connectivity index (χ0n) is 10.2. The molecule has 6 nitrogen and oxygen atoms in total. The largest absolute Gasteiger partial charge is 0.383 e. The van der Waals surface area contributed by atoms with Crippen LogP contribution in [0.2, 0.25) is 0 Å². The lowest BCUT2D eigenvalue weighted by Crippen LogP contribution is -1.97. The lowest BCUT2D eigenvalue weighted by molar-refractivity contribution is -0.383. The Morgan fingerprint density at radius 3 is 2.74 bits per heavy atom. The third kappa shape index (κ3) is 3.41. The van der Waals surface area contributed by atoms with Crippen molar-refractivity contribution in [3.05, 3.63) is 52.3 Å². The fourth-order valence-corrected chi connectivity index (χ4v) is 2.29. The van der Waals surface area contributed by atoms with Crippen LogP contribution in [-0.4, -0.2) is 21.9 Å². The van der Waals surface area contributed by atoms with Crippen LogP contribution in [-0.2, 0) is 5.75 Å². The van der Waals surface area contributed by atoms with Crippen LogP contribution in [0.3, 0.4) is 0 Å². The number of hydrogen-bond acceptors (Lipinski definition) is 6. The standard InChI is InChI=1S/C12H12N4O2S/c1-13-10-7-9(3-4-11(10)16(17)18)8-19-12-14-5-2-6-15-12/h2-7,13H,8H2,1H3. The van der Waals surface area contributed by atoms with E-state index in [9.17, 15) is 10.1 Å². The van der Waals surface area contributed by atoms with E-state index in [2.05, 4.69) is 15.3 Å². The van der Waals surface area contributed by atoms with Gasteiger partial charge in [0, 0.05) is 31.3 Å². The van der Waals surface area contributed by atoms with Crippen molar-refractivity contribution in [1.82, 2.24) is 9.97 Å². The van der Waals surface area contributed by atoms with Crippen molar-refractivity contribution in [2.45, 2.75) is 10.9 Å². The van der Waals surface area contributed by atoms with E-state index < -0.39 is 4.92 Å². The molecule has 19 heavy (non-hydrogen) atoms. The molecule has 0 saturated heterocycles. The molecule has 0 fully saturated rings. The van der Waals surface area contributed by atoms with Crippen LogP contribution < -0.4 is 5.32 Å². The SMILES string of the molecule is CNc1cc(CSc2ncccn2)ccc1[N+](=O)[O-]. The molecule has 0 aliphatic heterocycles. The number of thioether (sulfide) groups is 1. The van der Waals surface area contributed by atoms with E-state index in [1.807, 2.05) is 0 Å². The molecule has 1 aromatic carbocycles. The van der Waals surface area contributed by atoms with E-state index in [-0.39, 0.29) is 5.69 Å². The fraction of sp³-hybridized carbons (Fsp3) is 0.167. The lowest BCUT2D eigenvalue weighted by Gasteiger charge is -2.05. The first-order chi connectivity index (χ1) is 9.20. The highest BCUT2D eigenvalue weighted by Gasteiger charge is 2.12. The van der Waals surface area contributed by atoms with Crippen LogP contribution in [0.15, 0.2) is 41.8 Å². The van der Waals surface area contributed by atoms with Gasteiger partial charge in [0.05, 0.1) is 4.92 Å². The molecular weight excluding hydrogens is 264 g/mol. The molecule has 2 aromatic rings. The Labute approximate surface area is 114 Å². The summed E-state index contributed by atoms with van der Waals surface area (Å²) in [5.41, 5.74) is 1.57. The Kier molecular flexibility index (Phi) is 4.30. The van der Waals surface area contributed by atoms with Crippen molar-refractivity contribution in [2.24, 2.45) is 0 Å². The number of nitro groups is 1. The van der Waals surface area contributed by atoms with Gasteiger partial charge in [0.25, 0.3) is 5.69 Å². The summed E-state index contributed by atoms with van der Waals surface area (Å²) >= 11 is 1.49. The Morgan fingerprint density at radius 2 is 2.11 bits per heavy atom. The second-order valence-corrected chi connectivity index (χ2v) is 4.62. The molecule has 7 heteroatoms. The molecule has 0 saturated carbocycles. The highest BCUT2D eigenvalue weighted by atomic mass is 32.2. The van der Waals surface area contributed by atoms with Crippen molar-refractivity contribution in [1.29, 1.82) is 0 Å². The minimum Gasteiger partial charge on any atom is -0.383 e. The van der Waals surface area contributed by atoms with E-state index in [1.165, 1.54) is 17.8 Å². The number of hydrogen-bond donors (Lipinski definition) is 1. The van der Waals surface area contributed by atoms with E-state index in [0.29, 0.717) is 16.6 Å². The molecule has 98 valence electrons. The zero-order chi connectivity index (χ0) is 13.7. The number of nitro benzene ring substituents is 1. The Balaban J connectivity index is 2.11.